The molecule has 0 fully saturated rings. The summed E-state index contributed by atoms with van der Waals surface area (Å²) in [7, 11) is 1.21. The Labute approximate surface area is 85.3 Å². The molecular weight excluding hydrogens is 206 g/mol. The van der Waals surface area contributed by atoms with Crippen molar-refractivity contribution in [3.8, 4) is 11.5 Å². The van der Waals surface area contributed by atoms with E-state index in [1.807, 2.05) is 0 Å². The fourth-order valence-electron chi connectivity index (χ4n) is 1.30. The van der Waals surface area contributed by atoms with Crippen LogP contribution in [-0.4, -0.2) is 18.5 Å². The Bertz CT molecular complexity index is 377. The van der Waals surface area contributed by atoms with E-state index < -0.39 is 17.4 Å². The first kappa shape index (κ1) is 11.4. The summed E-state index contributed by atoms with van der Waals surface area (Å²) in [6.45, 7) is 0. The molecule has 0 aliphatic carbocycles. The van der Waals surface area contributed by atoms with Crippen molar-refractivity contribution >= 4 is 6.29 Å². The van der Waals surface area contributed by atoms with Gasteiger partial charge in [-0.25, -0.2) is 8.78 Å². The summed E-state index contributed by atoms with van der Waals surface area (Å²) in [6, 6.07) is 0.540. The first-order valence-electron chi connectivity index (χ1n) is 4.29. The van der Waals surface area contributed by atoms with Crippen molar-refractivity contribution in [1.82, 2.24) is 0 Å². The van der Waals surface area contributed by atoms with Gasteiger partial charge in [-0.15, -0.1) is 0 Å². The topological polar surface area (TPSA) is 46.5 Å². The number of aldehydes is 1. The van der Waals surface area contributed by atoms with Gasteiger partial charge in [0.05, 0.1) is 7.11 Å². The van der Waals surface area contributed by atoms with E-state index in [9.17, 15) is 18.7 Å². The number of ether oxygens (including phenoxy) is 1. The first-order chi connectivity index (χ1) is 7.11. The molecule has 1 aromatic rings. The van der Waals surface area contributed by atoms with E-state index in [0.29, 0.717) is 12.4 Å². The van der Waals surface area contributed by atoms with Crippen molar-refractivity contribution in [1.29, 1.82) is 0 Å². The zero-order chi connectivity index (χ0) is 11.4. The van der Waals surface area contributed by atoms with Gasteiger partial charge in [0.2, 0.25) is 0 Å². The summed E-state index contributed by atoms with van der Waals surface area (Å²) in [5, 5.41) is 9.32. The van der Waals surface area contributed by atoms with Crippen molar-refractivity contribution in [3.05, 3.63) is 23.3 Å². The number of hydrogen-bond acceptors (Lipinski definition) is 3. The fraction of sp³-hybridized carbons (Fsp3) is 0.300. The second-order valence-electron chi connectivity index (χ2n) is 2.91. The molecule has 0 unspecified atom stereocenters. The Morgan fingerprint density at radius 3 is 2.67 bits per heavy atom. The van der Waals surface area contributed by atoms with Crippen LogP contribution in [0.25, 0.3) is 0 Å². The average Bonchev–Trinajstić information content (AvgIpc) is 2.21. The van der Waals surface area contributed by atoms with Gasteiger partial charge in [-0.3, -0.25) is 0 Å². The predicted octanol–water partition coefficient (Wildman–Crippen LogP) is 1.81. The maximum atomic E-state index is 13.2. The molecule has 15 heavy (non-hydrogen) atoms. The molecule has 0 saturated heterocycles. The largest absolute Gasteiger partial charge is 0.505 e. The fourth-order valence-corrected chi connectivity index (χ4v) is 1.30. The molecule has 1 rings (SSSR count). The molecule has 82 valence electrons. The van der Waals surface area contributed by atoms with E-state index in [2.05, 4.69) is 0 Å². The molecule has 0 bridgehead atoms. The molecule has 0 radical (unpaired) electrons. The number of hydrogen-bond donors (Lipinski definition) is 1. The van der Waals surface area contributed by atoms with E-state index in [4.69, 9.17) is 4.74 Å². The monoisotopic (exact) mass is 216 g/mol. The molecule has 0 saturated carbocycles. The first-order valence-corrected chi connectivity index (χ1v) is 4.29. The third-order valence-corrected chi connectivity index (χ3v) is 1.97. The van der Waals surface area contributed by atoms with Gasteiger partial charge in [-0.1, -0.05) is 0 Å². The Hall–Kier alpha value is -1.65. The summed E-state index contributed by atoms with van der Waals surface area (Å²) in [5.41, 5.74) is -0.0258. The second-order valence-corrected chi connectivity index (χ2v) is 2.91. The number of aromatic hydroxyl groups is 1. The van der Waals surface area contributed by atoms with Crippen LogP contribution >= 0.6 is 0 Å². The SMILES string of the molecule is COc1c(F)cc(F)c(O)c1CCC=O. The van der Waals surface area contributed by atoms with Crippen molar-refractivity contribution in [2.75, 3.05) is 7.11 Å². The quantitative estimate of drug-likeness (QED) is 0.781. The number of phenolic OH excluding ortho intramolecular Hbond substituents is 1. The van der Waals surface area contributed by atoms with E-state index in [0.717, 1.165) is 0 Å². The van der Waals surface area contributed by atoms with E-state index >= 15 is 0 Å². The highest BCUT2D eigenvalue weighted by molar-refractivity contribution is 5.53. The smallest absolute Gasteiger partial charge is 0.168 e. The summed E-state index contributed by atoms with van der Waals surface area (Å²) < 4.78 is 30.8. The molecule has 0 heterocycles. The van der Waals surface area contributed by atoms with Gasteiger partial charge in [-0.05, 0) is 6.42 Å². The number of carbonyl (C=O) groups is 1. The van der Waals surface area contributed by atoms with Crippen LogP contribution in [-0.2, 0) is 11.2 Å². The molecule has 0 aliphatic rings. The number of carbonyl (C=O) groups excluding carboxylic acids is 1. The van der Waals surface area contributed by atoms with Crippen molar-refractivity contribution in [3.63, 3.8) is 0 Å². The van der Waals surface area contributed by atoms with Gasteiger partial charge in [0, 0.05) is 18.1 Å². The minimum absolute atomic E-state index is 0.0258. The van der Waals surface area contributed by atoms with Crippen molar-refractivity contribution in [2.24, 2.45) is 0 Å². The zero-order valence-electron chi connectivity index (χ0n) is 8.09. The van der Waals surface area contributed by atoms with Gasteiger partial charge in [0.15, 0.2) is 23.1 Å². The Balaban J connectivity index is 3.23. The van der Waals surface area contributed by atoms with Crippen molar-refractivity contribution in [2.45, 2.75) is 12.8 Å². The lowest BCUT2D eigenvalue weighted by Crippen LogP contribution is -1.99. The van der Waals surface area contributed by atoms with E-state index in [1.165, 1.54) is 7.11 Å². The number of benzene rings is 1. The minimum Gasteiger partial charge on any atom is -0.505 e. The molecular formula is C10H10F2O3. The Kier molecular flexibility index (Phi) is 3.60. The third kappa shape index (κ3) is 2.23. The number of phenols is 1. The van der Waals surface area contributed by atoms with Crippen molar-refractivity contribution < 1.29 is 23.4 Å². The number of halogens is 2. The lowest BCUT2D eigenvalue weighted by molar-refractivity contribution is -0.107. The molecule has 5 heteroatoms. The summed E-state index contributed by atoms with van der Waals surface area (Å²) in [4.78, 5) is 10.1. The Morgan fingerprint density at radius 1 is 1.47 bits per heavy atom. The van der Waals surface area contributed by atoms with E-state index in [1.54, 1.807) is 0 Å². The van der Waals surface area contributed by atoms with Gasteiger partial charge < -0.3 is 14.6 Å². The van der Waals surface area contributed by atoms with Gasteiger partial charge in [-0.2, -0.15) is 0 Å². The molecule has 0 aliphatic heterocycles. The molecule has 0 atom stereocenters. The second kappa shape index (κ2) is 4.72. The highest BCUT2D eigenvalue weighted by Crippen LogP contribution is 2.33. The normalized spacial score (nSPS) is 10.1. The van der Waals surface area contributed by atoms with E-state index in [-0.39, 0.29) is 24.2 Å². The minimum atomic E-state index is -1.06. The van der Waals surface area contributed by atoms with Crippen LogP contribution in [0.15, 0.2) is 6.07 Å². The van der Waals surface area contributed by atoms with Crippen LogP contribution in [0.3, 0.4) is 0 Å². The van der Waals surface area contributed by atoms with Crippen LogP contribution < -0.4 is 4.74 Å². The summed E-state index contributed by atoms with van der Waals surface area (Å²) >= 11 is 0. The zero-order valence-corrected chi connectivity index (χ0v) is 8.09. The molecule has 0 spiro atoms. The van der Waals surface area contributed by atoms with Gasteiger partial charge in [0.25, 0.3) is 0 Å². The molecule has 0 aromatic heterocycles. The highest BCUT2D eigenvalue weighted by atomic mass is 19.1. The predicted molar refractivity (Wildman–Crippen MR) is 49.0 cm³/mol. The molecule has 0 amide bonds. The van der Waals surface area contributed by atoms with Gasteiger partial charge >= 0.3 is 0 Å². The highest BCUT2D eigenvalue weighted by Gasteiger charge is 2.18. The molecule has 1 N–H and O–H groups in total. The molecule has 3 nitrogen and oxygen atoms in total. The Morgan fingerprint density at radius 2 is 2.13 bits per heavy atom. The molecule has 1 aromatic carbocycles. The maximum Gasteiger partial charge on any atom is 0.168 e. The van der Waals surface area contributed by atoms with Gasteiger partial charge in [0.1, 0.15) is 6.29 Å². The van der Waals surface area contributed by atoms with Crippen LogP contribution in [0.5, 0.6) is 11.5 Å². The summed E-state index contributed by atoms with van der Waals surface area (Å²) in [5.74, 6) is -2.85. The lowest BCUT2D eigenvalue weighted by atomic mass is 10.1. The lowest BCUT2D eigenvalue weighted by Gasteiger charge is -2.10. The standard InChI is InChI=1S/C10H10F2O3/c1-15-10-6(3-2-4-13)9(14)7(11)5-8(10)12/h4-5,14H,2-3H2,1H3. The van der Waals surface area contributed by atoms with Crippen LogP contribution in [0.4, 0.5) is 8.78 Å². The van der Waals surface area contributed by atoms with Crippen LogP contribution in [0, 0.1) is 11.6 Å². The maximum absolute atomic E-state index is 13.2. The number of rotatable bonds is 4. The summed E-state index contributed by atoms with van der Waals surface area (Å²) in [6.07, 6.45) is 0.696. The van der Waals surface area contributed by atoms with Crippen LogP contribution in [0.2, 0.25) is 0 Å². The average molecular weight is 216 g/mol. The van der Waals surface area contributed by atoms with Crippen LogP contribution in [0.1, 0.15) is 12.0 Å². The third-order valence-electron chi connectivity index (χ3n) is 1.97. The number of methoxy groups -OCH3 is 1.